The van der Waals surface area contributed by atoms with E-state index in [1.165, 1.54) is 14.0 Å². The van der Waals surface area contributed by atoms with Crippen LogP contribution in [0.5, 0.6) is 0 Å². The first kappa shape index (κ1) is 23.8. The van der Waals surface area contributed by atoms with E-state index in [1.54, 1.807) is 25.3 Å². The zero-order chi connectivity index (χ0) is 22.8. The number of rotatable bonds is 8. The molecule has 30 heavy (non-hydrogen) atoms. The van der Waals surface area contributed by atoms with Crippen molar-refractivity contribution in [2.45, 2.75) is 52.1 Å². The predicted octanol–water partition coefficient (Wildman–Crippen LogP) is 3.33. The van der Waals surface area contributed by atoms with Gasteiger partial charge in [0.2, 0.25) is 10.0 Å². The third-order valence-corrected chi connectivity index (χ3v) is 7.16. The van der Waals surface area contributed by atoms with Crippen LogP contribution >= 0.6 is 0 Å². The van der Waals surface area contributed by atoms with E-state index in [4.69, 9.17) is 4.74 Å². The number of carbonyl (C=O) groups excluding carboxylic acids is 2. The number of ether oxygens (including phenoxy) is 1. The summed E-state index contributed by atoms with van der Waals surface area (Å²) in [7, 11) is -2.72. The molecule has 2 rings (SSSR count). The third kappa shape index (κ3) is 4.17. The molecule has 1 heterocycles. The number of ketones is 1. The van der Waals surface area contributed by atoms with E-state index in [1.807, 2.05) is 6.92 Å². The summed E-state index contributed by atoms with van der Waals surface area (Å²) in [5.74, 6) is -1.52. The summed E-state index contributed by atoms with van der Waals surface area (Å²) in [5, 5.41) is 0. The van der Waals surface area contributed by atoms with Crippen molar-refractivity contribution in [3.63, 3.8) is 0 Å². The number of hydrogen-bond acceptors (Lipinski definition) is 5. The lowest BCUT2D eigenvalue weighted by molar-refractivity contribution is 0.0512. The Bertz CT molecular complexity index is 1060. The Morgan fingerprint density at radius 1 is 1.17 bits per heavy atom. The molecule has 0 aliphatic heterocycles. The fourth-order valence-corrected chi connectivity index (χ4v) is 4.80. The van der Waals surface area contributed by atoms with Crippen molar-refractivity contribution < 1.29 is 27.1 Å². The average Bonchev–Trinajstić information content (AvgIpc) is 2.96. The molecular weight excluding hydrogens is 411 g/mol. The summed E-state index contributed by atoms with van der Waals surface area (Å²) in [6.45, 7) is 9.04. The number of carbonyl (C=O) groups is 2. The SMILES string of the molecule is CCOC(=O)c1c(C)c(C(=O)C(C)N(C)S(=O)(=O)c2ccc(F)cc2)c(C)n1CC. The van der Waals surface area contributed by atoms with Crippen molar-refractivity contribution in [2.75, 3.05) is 13.7 Å². The average molecular weight is 439 g/mol. The minimum Gasteiger partial charge on any atom is -0.461 e. The lowest BCUT2D eigenvalue weighted by Gasteiger charge is -2.23. The number of likely N-dealkylation sites (N-methyl/N-ethyl adjacent to an activating group) is 1. The van der Waals surface area contributed by atoms with E-state index in [0.717, 1.165) is 28.6 Å². The zero-order valence-corrected chi connectivity index (χ0v) is 18.8. The normalized spacial score (nSPS) is 12.8. The summed E-state index contributed by atoms with van der Waals surface area (Å²) in [5.41, 5.74) is 1.62. The molecule has 0 aliphatic rings. The Balaban J connectivity index is 2.47. The molecule has 0 amide bonds. The van der Waals surface area contributed by atoms with E-state index in [0.29, 0.717) is 23.4 Å². The highest BCUT2D eigenvalue weighted by Gasteiger charge is 2.34. The van der Waals surface area contributed by atoms with Gasteiger partial charge in [0, 0.05) is 24.8 Å². The second-order valence-corrected chi connectivity index (χ2v) is 8.91. The Morgan fingerprint density at radius 3 is 2.23 bits per heavy atom. The number of aromatic nitrogens is 1. The second kappa shape index (κ2) is 9.09. The molecule has 1 unspecified atom stereocenters. The molecule has 0 aliphatic carbocycles. The summed E-state index contributed by atoms with van der Waals surface area (Å²) in [6, 6.07) is 3.37. The number of benzene rings is 1. The van der Waals surface area contributed by atoms with Crippen molar-refractivity contribution in [1.29, 1.82) is 0 Å². The maximum Gasteiger partial charge on any atom is 0.355 e. The Hall–Kier alpha value is -2.52. The van der Waals surface area contributed by atoms with E-state index >= 15 is 0 Å². The Morgan fingerprint density at radius 2 is 1.73 bits per heavy atom. The topological polar surface area (TPSA) is 85.7 Å². The number of esters is 1. The van der Waals surface area contributed by atoms with Crippen LogP contribution in [-0.4, -0.2) is 48.7 Å². The monoisotopic (exact) mass is 438 g/mol. The van der Waals surface area contributed by atoms with Gasteiger partial charge in [0.05, 0.1) is 17.5 Å². The van der Waals surface area contributed by atoms with Crippen LogP contribution in [0.2, 0.25) is 0 Å². The molecular formula is C21H27FN2O5S. The number of halogens is 1. The number of hydrogen-bond donors (Lipinski definition) is 0. The van der Waals surface area contributed by atoms with Crippen molar-refractivity contribution in [1.82, 2.24) is 8.87 Å². The van der Waals surface area contributed by atoms with Crippen LogP contribution < -0.4 is 0 Å². The first-order valence-electron chi connectivity index (χ1n) is 9.63. The minimum absolute atomic E-state index is 0.113. The van der Waals surface area contributed by atoms with Crippen LogP contribution in [0.15, 0.2) is 29.2 Å². The first-order valence-corrected chi connectivity index (χ1v) is 11.1. The van der Waals surface area contributed by atoms with Gasteiger partial charge in [-0.25, -0.2) is 17.6 Å². The molecule has 1 aromatic heterocycles. The van der Waals surface area contributed by atoms with Crippen molar-refractivity contribution >= 4 is 21.8 Å². The highest BCUT2D eigenvalue weighted by molar-refractivity contribution is 7.89. The van der Waals surface area contributed by atoms with E-state index in [9.17, 15) is 22.4 Å². The van der Waals surface area contributed by atoms with Gasteiger partial charge in [0.1, 0.15) is 11.5 Å². The van der Waals surface area contributed by atoms with E-state index < -0.39 is 33.6 Å². The van der Waals surface area contributed by atoms with E-state index in [-0.39, 0.29) is 17.2 Å². The number of sulfonamides is 1. The Kier molecular flexibility index (Phi) is 7.20. The van der Waals surface area contributed by atoms with Gasteiger partial charge in [-0.1, -0.05) is 0 Å². The molecule has 0 fully saturated rings. The van der Waals surface area contributed by atoms with Crippen molar-refractivity contribution in [3.05, 3.63) is 52.6 Å². The van der Waals surface area contributed by atoms with Gasteiger partial charge in [0.15, 0.2) is 5.78 Å². The zero-order valence-electron chi connectivity index (χ0n) is 18.0. The molecule has 7 nitrogen and oxygen atoms in total. The smallest absolute Gasteiger partial charge is 0.355 e. The lowest BCUT2D eigenvalue weighted by atomic mass is 10.0. The van der Waals surface area contributed by atoms with Crippen molar-refractivity contribution in [2.24, 2.45) is 0 Å². The van der Waals surface area contributed by atoms with Crippen LogP contribution in [-0.2, 0) is 21.3 Å². The van der Waals surface area contributed by atoms with Gasteiger partial charge in [0.25, 0.3) is 0 Å². The molecule has 2 aromatic rings. The summed E-state index contributed by atoms with van der Waals surface area (Å²) in [6.07, 6.45) is 0. The second-order valence-electron chi connectivity index (χ2n) is 6.91. The van der Waals surface area contributed by atoms with Crippen LogP contribution in [0.1, 0.15) is 52.9 Å². The van der Waals surface area contributed by atoms with Crippen LogP contribution in [0.3, 0.4) is 0 Å². The maximum absolute atomic E-state index is 13.3. The summed E-state index contributed by atoms with van der Waals surface area (Å²) in [4.78, 5) is 25.6. The molecule has 0 spiro atoms. The molecule has 0 N–H and O–H groups in total. The summed E-state index contributed by atoms with van der Waals surface area (Å²) < 4.78 is 46.7. The van der Waals surface area contributed by atoms with Crippen LogP contribution in [0.25, 0.3) is 0 Å². The molecule has 1 atom stereocenters. The predicted molar refractivity (Wildman–Crippen MR) is 111 cm³/mol. The fourth-order valence-electron chi connectivity index (χ4n) is 3.47. The standard InChI is InChI=1S/C21H27FN2O5S/c1-7-24-14(4)18(13(3)19(24)21(26)29-8-2)20(25)15(5)23(6)30(27,28)17-11-9-16(22)10-12-17/h9-12,15H,7-8H2,1-6H3. The molecule has 164 valence electrons. The highest BCUT2D eigenvalue weighted by Crippen LogP contribution is 2.27. The number of Topliss-reactive ketones (excluding diaryl/α,β-unsaturated/α-hetero) is 1. The summed E-state index contributed by atoms with van der Waals surface area (Å²) >= 11 is 0. The van der Waals surface area contributed by atoms with Gasteiger partial charge in [-0.2, -0.15) is 4.31 Å². The molecule has 0 bridgehead atoms. The van der Waals surface area contributed by atoms with Gasteiger partial charge in [-0.3, -0.25) is 4.79 Å². The quantitative estimate of drug-likeness (QED) is 0.466. The maximum atomic E-state index is 13.3. The van der Waals surface area contributed by atoms with Gasteiger partial charge < -0.3 is 9.30 Å². The largest absolute Gasteiger partial charge is 0.461 e. The van der Waals surface area contributed by atoms with Gasteiger partial charge in [-0.05, 0) is 64.4 Å². The fraction of sp³-hybridized carbons (Fsp3) is 0.429. The van der Waals surface area contributed by atoms with Gasteiger partial charge in [-0.15, -0.1) is 0 Å². The van der Waals surface area contributed by atoms with Crippen LogP contribution in [0, 0.1) is 19.7 Å². The molecule has 0 saturated heterocycles. The molecule has 0 radical (unpaired) electrons. The van der Waals surface area contributed by atoms with Crippen molar-refractivity contribution in [3.8, 4) is 0 Å². The van der Waals surface area contributed by atoms with Crippen LogP contribution in [0.4, 0.5) is 4.39 Å². The molecule has 9 heteroatoms. The molecule has 0 saturated carbocycles. The lowest BCUT2D eigenvalue weighted by Crippen LogP contribution is -2.40. The third-order valence-electron chi connectivity index (χ3n) is 5.21. The van der Waals surface area contributed by atoms with E-state index in [2.05, 4.69) is 0 Å². The number of nitrogens with zero attached hydrogens (tertiary/aromatic N) is 2. The Labute approximate surface area is 176 Å². The highest BCUT2D eigenvalue weighted by atomic mass is 32.2. The van der Waals surface area contributed by atoms with Gasteiger partial charge >= 0.3 is 5.97 Å². The minimum atomic E-state index is -4.02. The molecule has 1 aromatic carbocycles. The first-order chi connectivity index (χ1) is 14.0.